The minimum absolute atomic E-state index is 0.0444. The van der Waals surface area contributed by atoms with Crippen molar-refractivity contribution in [2.75, 3.05) is 24.5 Å². The average Bonchev–Trinajstić information content (AvgIpc) is 2.94. The van der Waals surface area contributed by atoms with E-state index in [9.17, 15) is 18.0 Å². The molecule has 8 nitrogen and oxygen atoms in total. The highest BCUT2D eigenvalue weighted by Crippen LogP contribution is 2.28. The second-order valence-corrected chi connectivity index (χ2v) is 12.0. The van der Waals surface area contributed by atoms with Gasteiger partial charge in [0.2, 0.25) is 11.8 Å². The van der Waals surface area contributed by atoms with E-state index in [1.165, 1.54) is 66.6 Å². The summed E-state index contributed by atoms with van der Waals surface area (Å²) in [7, 11) is -2.75. The predicted molar refractivity (Wildman–Crippen MR) is 159 cm³/mol. The van der Waals surface area contributed by atoms with Crippen molar-refractivity contribution in [1.82, 2.24) is 10.2 Å². The first kappa shape index (κ1) is 31.5. The van der Waals surface area contributed by atoms with Gasteiger partial charge in [0.05, 0.1) is 17.7 Å². The number of hydrogen-bond acceptors (Lipinski definition) is 5. The SMILES string of the molecule is CCCNC(=O)C(C)N(Cc1ccc(Cl)cc1Cl)C(=O)CN(c1ccc(Cl)cc1)S(=O)(=O)c1ccc(OC)cc1. The van der Waals surface area contributed by atoms with Gasteiger partial charge in [-0.15, -0.1) is 0 Å². The van der Waals surface area contributed by atoms with E-state index in [0.717, 1.165) is 4.31 Å². The topological polar surface area (TPSA) is 96.0 Å². The molecule has 0 radical (unpaired) electrons. The first-order valence-electron chi connectivity index (χ1n) is 12.4. The number of halogens is 3. The van der Waals surface area contributed by atoms with Crippen molar-refractivity contribution in [3.8, 4) is 5.75 Å². The molecule has 1 unspecified atom stereocenters. The third kappa shape index (κ3) is 7.81. The van der Waals surface area contributed by atoms with E-state index in [0.29, 0.717) is 39.3 Å². The second kappa shape index (κ2) is 14.1. The number of nitrogens with one attached hydrogen (secondary N) is 1. The Hall–Kier alpha value is -2.98. The average molecular weight is 627 g/mol. The highest BCUT2D eigenvalue weighted by molar-refractivity contribution is 7.92. The van der Waals surface area contributed by atoms with Crippen LogP contribution in [0.2, 0.25) is 15.1 Å². The van der Waals surface area contributed by atoms with Gasteiger partial charge in [-0.1, -0.05) is 47.8 Å². The maximum Gasteiger partial charge on any atom is 0.264 e. The van der Waals surface area contributed by atoms with Crippen LogP contribution in [0.15, 0.2) is 71.6 Å². The molecule has 0 heterocycles. The molecule has 3 rings (SSSR count). The van der Waals surface area contributed by atoms with Crippen molar-refractivity contribution in [2.45, 2.75) is 37.8 Å². The minimum Gasteiger partial charge on any atom is -0.497 e. The molecule has 3 aromatic carbocycles. The summed E-state index contributed by atoms with van der Waals surface area (Å²) in [6.07, 6.45) is 0.708. The normalized spacial score (nSPS) is 11.9. The van der Waals surface area contributed by atoms with Crippen LogP contribution < -0.4 is 14.4 Å². The lowest BCUT2D eigenvalue weighted by molar-refractivity contribution is -0.139. The highest BCUT2D eigenvalue weighted by atomic mass is 35.5. The zero-order valence-electron chi connectivity index (χ0n) is 22.2. The summed E-state index contributed by atoms with van der Waals surface area (Å²) in [6, 6.07) is 15.8. The standard InChI is InChI=1S/C28H30Cl3N3O5S/c1-4-15-32-28(36)19(2)33(17-20-5-6-22(30)16-26(20)31)27(35)18-34(23-9-7-21(29)8-10-23)40(37,38)25-13-11-24(39-3)12-14-25/h5-14,16,19H,4,15,17-18H2,1-3H3,(H,32,36). The van der Waals surface area contributed by atoms with E-state index < -0.39 is 28.5 Å². The molecule has 3 aromatic rings. The molecule has 0 fully saturated rings. The third-order valence-corrected chi connectivity index (χ3v) is 8.74. The molecule has 0 saturated heterocycles. The van der Waals surface area contributed by atoms with Crippen LogP contribution in [0, 0.1) is 0 Å². The van der Waals surface area contributed by atoms with Crippen LogP contribution >= 0.6 is 34.8 Å². The fourth-order valence-corrected chi connectivity index (χ4v) is 5.83. The van der Waals surface area contributed by atoms with Gasteiger partial charge in [0, 0.05) is 28.2 Å². The first-order valence-corrected chi connectivity index (χ1v) is 15.0. The molecular weight excluding hydrogens is 597 g/mol. The van der Waals surface area contributed by atoms with Gasteiger partial charge in [-0.3, -0.25) is 13.9 Å². The Labute approximate surface area is 249 Å². The maximum absolute atomic E-state index is 13.9. The summed E-state index contributed by atoms with van der Waals surface area (Å²) in [4.78, 5) is 28.1. The predicted octanol–water partition coefficient (Wildman–Crippen LogP) is 5.79. The molecule has 40 heavy (non-hydrogen) atoms. The summed E-state index contributed by atoms with van der Waals surface area (Å²) in [6.45, 7) is 3.28. The van der Waals surface area contributed by atoms with Crippen molar-refractivity contribution in [3.05, 3.63) is 87.4 Å². The quantitative estimate of drug-likeness (QED) is 0.274. The molecule has 2 amide bonds. The van der Waals surface area contributed by atoms with Crippen molar-refractivity contribution in [1.29, 1.82) is 0 Å². The Morgan fingerprint density at radius 3 is 2.15 bits per heavy atom. The molecule has 0 saturated carbocycles. The Balaban J connectivity index is 2.03. The molecule has 1 N–H and O–H groups in total. The van der Waals surface area contributed by atoms with Crippen LogP contribution in [0.3, 0.4) is 0 Å². The van der Waals surface area contributed by atoms with Gasteiger partial charge < -0.3 is 15.0 Å². The smallest absolute Gasteiger partial charge is 0.264 e. The molecule has 0 aliphatic carbocycles. The van der Waals surface area contributed by atoms with E-state index in [2.05, 4.69) is 5.32 Å². The van der Waals surface area contributed by atoms with Gasteiger partial charge in [0.15, 0.2) is 0 Å². The molecule has 0 aliphatic heterocycles. The van der Waals surface area contributed by atoms with E-state index in [1.807, 2.05) is 6.92 Å². The molecule has 0 aliphatic rings. The molecular formula is C28H30Cl3N3O5S. The summed E-state index contributed by atoms with van der Waals surface area (Å²) < 4.78 is 33.8. The van der Waals surface area contributed by atoms with E-state index in [4.69, 9.17) is 39.5 Å². The number of amides is 2. The van der Waals surface area contributed by atoms with Crippen LogP contribution in [-0.2, 0) is 26.2 Å². The summed E-state index contributed by atoms with van der Waals surface area (Å²) in [5.74, 6) is -0.514. The Morgan fingerprint density at radius 1 is 0.950 bits per heavy atom. The van der Waals surface area contributed by atoms with Crippen molar-refractivity contribution in [3.63, 3.8) is 0 Å². The zero-order valence-corrected chi connectivity index (χ0v) is 25.3. The molecule has 12 heteroatoms. The van der Waals surface area contributed by atoms with Gasteiger partial charge in [0.1, 0.15) is 18.3 Å². The van der Waals surface area contributed by atoms with Crippen LogP contribution in [0.5, 0.6) is 5.75 Å². The summed E-state index contributed by atoms with van der Waals surface area (Å²) in [5.41, 5.74) is 0.770. The van der Waals surface area contributed by atoms with Gasteiger partial charge in [-0.2, -0.15) is 0 Å². The van der Waals surface area contributed by atoms with Crippen LogP contribution in [-0.4, -0.2) is 51.4 Å². The van der Waals surface area contributed by atoms with Crippen molar-refractivity contribution in [2.24, 2.45) is 0 Å². The van der Waals surface area contributed by atoms with Crippen LogP contribution in [0.25, 0.3) is 0 Å². The Morgan fingerprint density at radius 2 is 1.57 bits per heavy atom. The number of carbonyl (C=O) groups is 2. The number of hydrogen-bond donors (Lipinski definition) is 1. The number of ether oxygens (including phenoxy) is 1. The summed E-state index contributed by atoms with van der Waals surface area (Å²) in [5, 5.41) is 3.92. The lowest BCUT2D eigenvalue weighted by Crippen LogP contribution is -2.51. The van der Waals surface area contributed by atoms with Crippen molar-refractivity contribution < 1.29 is 22.7 Å². The molecule has 0 aromatic heterocycles. The molecule has 0 bridgehead atoms. The molecule has 0 spiro atoms. The first-order chi connectivity index (χ1) is 19.0. The number of sulfonamides is 1. The fourth-order valence-electron chi connectivity index (χ4n) is 3.82. The largest absolute Gasteiger partial charge is 0.497 e. The number of anilines is 1. The second-order valence-electron chi connectivity index (χ2n) is 8.89. The Bertz CT molecular complexity index is 1430. The van der Waals surface area contributed by atoms with Gasteiger partial charge >= 0.3 is 0 Å². The molecule has 1 atom stereocenters. The lowest BCUT2D eigenvalue weighted by Gasteiger charge is -2.32. The van der Waals surface area contributed by atoms with Gasteiger partial charge in [-0.05, 0) is 79.6 Å². The van der Waals surface area contributed by atoms with E-state index in [1.54, 1.807) is 19.1 Å². The number of nitrogens with zero attached hydrogens (tertiary/aromatic N) is 2. The third-order valence-electron chi connectivity index (χ3n) is 6.11. The maximum atomic E-state index is 13.9. The van der Waals surface area contributed by atoms with E-state index >= 15 is 0 Å². The fraction of sp³-hybridized carbons (Fsp3) is 0.286. The van der Waals surface area contributed by atoms with Crippen LogP contribution in [0.4, 0.5) is 5.69 Å². The number of benzene rings is 3. The lowest BCUT2D eigenvalue weighted by atomic mass is 10.1. The number of rotatable bonds is 12. The summed E-state index contributed by atoms with van der Waals surface area (Å²) >= 11 is 18.5. The molecule has 214 valence electrons. The van der Waals surface area contributed by atoms with Crippen LogP contribution in [0.1, 0.15) is 25.8 Å². The zero-order chi connectivity index (χ0) is 29.4. The van der Waals surface area contributed by atoms with E-state index in [-0.39, 0.29) is 23.0 Å². The van der Waals surface area contributed by atoms with Gasteiger partial charge in [-0.25, -0.2) is 8.42 Å². The van der Waals surface area contributed by atoms with Crippen molar-refractivity contribution >= 4 is 62.3 Å². The Kier molecular flexibility index (Phi) is 11.1. The monoisotopic (exact) mass is 625 g/mol. The number of methoxy groups -OCH3 is 1. The minimum atomic E-state index is -4.22. The highest BCUT2D eigenvalue weighted by Gasteiger charge is 2.32. The number of carbonyl (C=O) groups excluding carboxylic acids is 2. The van der Waals surface area contributed by atoms with Gasteiger partial charge in [0.25, 0.3) is 10.0 Å².